The summed E-state index contributed by atoms with van der Waals surface area (Å²) in [5, 5.41) is 0. The Morgan fingerprint density at radius 1 is 1.10 bits per heavy atom. The third kappa shape index (κ3) is 2.65. The van der Waals surface area contributed by atoms with Crippen molar-refractivity contribution in [3.8, 4) is 0 Å². The number of carbonyl (C=O) groups excluding carboxylic acids is 1. The van der Waals surface area contributed by atoms with Gasteiger partial charge in [-0.05, 0) is 44.6 Å². The monoisotopic (exact) mass is 273 g/mol. The van der Waals surface area contributed by atoms with Crippen molar-refractivity contribution in [3.63, 3.8) is 0 Å². The molecule has 3 heterocycles. The van der Waals surface area contributed by atoms with E-state index in [2.05, 4.69) is 16.0 Å². The van der Waals surface area contributed by atoms with E-state index in [4.69, 9.17) is 0 Å². The number of pyridine rings is 1. The minimum Gasteiger partial charge on any atom is -0.356 e. The van der Waals surface area contributed by atoms with Gasteiger partial charge < -0.3 is 9.80 Å². The zero-order valence-electron chi connectivity index (χ0n) is 12.0. The SMILES string of the molecule is O=CN1CCCCC1c1cccnc1N1CCCCC1. The number of amides is 1. The molecule has 1 aromatic heterocycles. The van der Waals surface area contributed by atoms with E-state index in [9.17, 15) is 4.79 Å². The van der Waals surface area contributed by atoms with Crippen molar-refractivity contribution in [2.45, 2.75) is 44.6 Å². The predicted molar refractivity (Wildman–Crippen MR) is 79.7 cm³/mol. The maximum atomic E-state index is 11.3. The second kappa shape index (κ2) is 6.25. The van der Waals surface area contributed by atoms with E-state index in [1.807, 2.05) is 17.2 Å². The first kappa shape index (κ1) is 13.4. The number of likely N-dealkylation sites (tertiary alicyclic amines) is 1. The van der Waals surface area contributed by atoms with Crippen LogP contribution in [0.15, 0.2) is 18.3 Å². The van der Waals surface area contributed by atoms with Crippen LogP contribution in [0.2, 0.25) is 0 Å². The minimum atomic E-state index is 0.215. The average Bonchev–Trinajstić information content (AvgIpc) is 2.55. The van der Waals surface area contributed by atoms with E-state index in [-0.39, 0.29) is 6.04 Å². The van der Waals surface area contributed by atoms with Gasteiger partial charge in [0, 0.05) is 31.4 Å². The lowest BCUT2D eigenvalue weighted by molar-refractivity contribution is -0.121. The Balaban J connectivity index is 1.89. The van der Waals surface area contributed by atoms with E-state index in [0.717, 1.165) is 44.7 Å². The number of anilines is 1. The summed E-state index contributed by atoms with van der Waals surface area (Å²) >= 11 is 0. The van der Waals surface area contributed by atoms with Crippen molar-refractivity contribution in [2.24, 2.45) is 0 Å². The fourth-order valence-corrected chi connectivity index (χ4v) is 3.45. The molecule has 0 aliphatic carbocycles. The summed E-state index contributed by atoms with van der Waals surface area (Å²) in [6, 6.07) is 4.37. The van der Waals surface area contributed by atoms with Crippen LogP contribution >= 0.6 is 0 Å². The number of carbonyl (C=O) groups is 1. The van der Waals surface area contributed by atoms with Crippen LogP contribution < -0.4 is 4.90 Å². The highest BCUT2D eigenvalue weighted by atomic mass is 16.1. The first-order valence-electron chi connectivity index (χ1n) is 7.81. The summed E-state index contributed by atoms with van der Waals surface area (Å²) < 4.78 is 0. The van der Waals surface area contributed by atoms with Gasteiger partial charge in [-0.25, -0.2) is 4.98 Å². The smallest absolute Gasteiger partial charge is 0.210 e. The molecule has 2 saturated heterocycles. The summed E-state index contributed by atoms with van der Waals surface area (Å²) in [6.07, 6.45) is 10.1. The molecule has 1 atom stereocenters. The maximum Gasteiger partial charge on any atom is 0.210 e. The van der Waals surface area contributed by atoms with Crippen molar-refractivity contribution in [1.82, 2.24) is 9.88 Å². The van der Waals surface area contributed by atoms with Crippen LogP contribution in [0.25, 0.3) is 0 Å². The molecule has 1 aromatic rings. The van der Waals surface area contributed by atoms with Crippen LogP contribution in [-0.2, 0) is 4.79 Å². The van der Waals surface area contributed by atoms with Gasteiger partial charge in [0.2, 0.25) is 6.41 Å². The highest BCUT2D eigenvalue weighted by Crippen LogP contribution is 2.35. The third-order valence-electron chi connectivity index (χ3n) is 4.51. The van der Waals surface area contributed by atoms with Crippen LogP contribution in [0.1, 0.15) is 50.1 Å². The molecule has 20 heavy (non-hydrogen) atoms. The number of hydrogen-bond acceptors (Lipinski definition) is 3. The summed E-state index contributed by atoms with van der Waals surface area (Å²) in [4.78, 5) is 20.3. The maximum absolute atomic E-state index is 11.3. The number of rotatable bonds is 3. The van der Waals surface area contributed by atoms with Crippen LogP contribution in [-0.4, -0.2) is 35.9 Å². The van der Waals surface area contributed by atoms with Crippen LogP contribution in [0.3, 0.4) is 0 Å². The van der Waals surface area contributed by atoms with Crippen molar-refractivity contribution in [3.05, 3.63) is 23.9 Å². The topological polar surface area (TPSA) is 36.4 Å². The summed E-state index contributed by atoms with van der Waals surface area (Å²) in [5.74, 6) is 1.10. The summed E-state index contributed by atoms with van der Waals surface area (Å²) in [7, 11) is 0. The Hall–Kier alpha value is -1.58. The van der Waals surface area contributed by atoms with Gasteiger partial charge in [-0.2, -0.15) is 0 Å². The quantitative estimate of drug-likeness (QED) is 0.795. The lowest BCUT2D eigenvalue weighted by Crippen LogP contribution is -2.35. The predicted octanol–water partition coefficient (Wildman–Crippen LogP) is 2.76. The third-order valence-corrected chi connectivity index (χ3v) is 4.51. The van der Waals surface area contributed by atoms with Gasteiger partial charge in [-0.15, -0.1) is 0 Å². The first-order chi connectivity index (χ1) is 9.90. The summed E-state index contributed by atoms with van der Waals surface area (Å²) in [5.41, 5.74) is 1.24. The van der Waals surface area contributed by atoms with Gasteiger partial charge in [0.25, 0.3) is 0 Å². The number of aromatic nitrogens is 1. The minimum absolute atomic E-state index is 0.215. The van der Waals surface area contributed by atoms with E-state index in [1.54, 1.807) is 0 Å². The van der Waals surface area contributed by atoms with Gasteiger partial charge in [0.05, 0.1) is 6.04 Å². The zero-order valence-corrected chi connectivity index (χ0v) is 12.0. The van der Waals surface area contributed by atoms with Crippen LogP contribution in [0.4, 0.5) is 5.82 Å². The average molecular weight is 273 g/mol. The van der Waals surface area contributed by atoms with E-state index < -0.39 is 0 Å². The fraction of sp³-hybridized carbons (Fsp3) is 0.625. The number of hydrogen-bond donors (Lipinski definition) is 0. The lowest BCUT2D eigenvalue weighted by atomic mass is 9.95. The normalized spacial score (nSPS) is 23.7. The van der Waals surface area contributed by atoms with Crippen molar-refractivity contribution in [2.75, 3.05) is 24.5 Å². The molecule has 4 heteroatoms. The zero-order chi connectivity index (χ0) is 13.8. The molecule has 0 bridgehead atoms. The van der Waals surface area contributed by atoms with E-state index in [0.29, 0.717) is 0 Å². The van der Waals surface area contributed by atoms with Crippen molar-refractivity contribution in [1.29, 1.82) is 0 Å². The molecule has 0 spiro atoms. The molecule has 0 radical (unpaired) electrons. The molecule has 2 aliphatic rings. The summed E-state index contributed by atoms with van der Waals surface area (Å²) in [6.45, 7) is 3.07. The highest BCUT2D eigenvalue weighted by Gasteiger charge is 2.27. The standard InChI is InChI=1S/C16H23N3O/c20-13-19-12-5-2-8-15(19)14-7-6-9-17-16(14)18-10-3-1-4-11-18/h6-7,9,13,15H,1-5,8,10-12H2. The molecule has 3 rings (SSSR count). The number of nitrogens with zero attached hydrogens (tertiary/aromatic N) is 3. The first-order valence-corrected chi connectivity index (χ1v) is 7.81. The number of piperidine rings is 2. The molecule has 0 aromatic carbocycles. The van der Waals surface area contributed by atoms with Crippen LogP contribution in [0, 0.1) is 0 Å². The molecular weight excluding hydrogens is 250 g/mol. The molecule has 1 amide bonds. The second-order valence-corrected chi connectivity index (χ2v) is 5.82. The van der Waals surface area contributed by atoms with Gasteiger partial charge in [0.15, 0.2) is 0 Å². The molecule has 0 saturated carbocycles. The Labute approximate surface area is 120 Å². The molecule has 1 unspecified atom stereocenters. The van der Waals surface area contributed by atoms with Crippen molar-refractivity contribution >= 4 is 12.2 Å². The van der Waals surface area contributed by atoms with Gasteiger partial charge in [-0.1, -0.05) is 6.07 Å². The Bertz CT molecular complexity index is 457. The van der Waals surface area contributed by atoms with Crippen molar-refractivity contribution < 1.29 is 4.79 Å². The molecule has 108 valence electrons. The van der Waals surface area contributed by atoms with E-state index in [1.165, 1.54) is 31.2 Å². The fourth-order valence-electron chi connectivity index (χ4n) is 3.45. The molecule has 4 nitrogen and oxygen atoms in total. The van der Waals surface area contributed by atoms with Gasteiger partial charge in [0.1, 0.15) is 5.82 Å². The lowest BCUT2D eigenvalue weighted by Gasteiger charge is -2.36. The Morgan fingerprint density at radius 2 is 1.90 bits per heavy atom. The van der Waals surface area contributed by atoms with Crippen LogP contribution in [0.5, 0.6) is 0 Å². The molecular formula is C16H23N3O. The van der Waals surface area contributed by atoms with Gasteiger partial charge >= 0.3 is 0 Å². The molecule has 2 fully saturated rings. The molecule has 2 aliphatic heterocycles. The highest BCUT2D eigenvalue weighted by molar-refractivity contribution is 5.54. The largest absolute Gasteiger partial charge is 0.356 e. The van der Waals surface area contributed by atoms with E-state index >= 15 is 0 Å². The molecule has 0 N–H and O–H groups in total. The Kier molecular flexibility index (Phi) is 4.19. The second-order valence-electron chi connectivity index (χ2n) is 5.82. The Morgan fingerprint density at radius 3 is 2.70 bits per heavy atom. The van der Waals surface area contributed by atoms with Gasteiger partial charge in [-0.3, -0.25) is 4.79 Å².